The summed E-state index contributed by atoms with van der Waals surface area (Å²) < 4.78 is 48.4. The Morgan fingerprint density at radius 2 is 1.87 bits per heavy atom. The molecule has 0 radical (unpaired) electrons. The van der Waals surface area contributed by atoms with Crippen LogP contribution in [-0.4, -0.2) is 25.3 Å². The molecule has 1 N–H and O–H groups in total. The van der Waals surface area contributed by atoms with Crippen LogP contribution < -0.4 is 10.1 Å². The molecule has 130 valence electrons. The van der Waals surface area contributed by atoms with Crippen LogP contribution in [0.3, 0.4) is 0 Å². The number of carbonyl (C=O) groups is 1. The Labute approximate surface area is 137 Å². The van der Waals surface area contributed by atoms with Gasteiger partial charge in [-0.15, -0.1) is 0 Å². The highest BCUT2D eigenvalue weighted by molar-refractivity contribution is 6.31. The molecule has 23 heavy (non-hydrogen) atoms. The minimum atomic E-state index is -4.56. The number of amides is 1. The molecule has 1 rings (SSSR count). The van der Waals surface area contributed by atoms with Gasteiger partial charge in [0.05, 0.1) is 17.7 Å². The Bertz CT molecular complexity index is 568. The Morgan fingerprint density at radius 1 is 1.26 bits per heavy atom. The Balaban J connectivity index is 2.78. The molecule has 0 heterocycles. The standard InChI is InChI=1S/C15H19ClF3NO3/c1-14(2,3)23-13(21)20-6-5-9-7-11(16)10(15(17,18)19)8-12(9)22-4/h7-8H,5-6H2,1-4H3,(H,20,21). The minimum absolute atomic E-state index is 0.0627. The molecular weight excluding hydrogens is 335 g/mol. The van der Waals surface area contributed by atoms with Crippen molar-refractivity contribution in [1.29, 1.82) is 0 Å². The van der Waals surface area contributed by atoms with E-state index in [0.29, 0.717) is 5.56 Å². The van der Waals surface area contributed by atoms with Gasteiger partial charge in [-0.05, 0) is 44.9 Å². The average Bonchev–Trinajstić information content (AvgIpc) is 2.35. The number of rotatable bonds is 4. The molecule has 0 aromatic heterocycles. The summed E-state index contributed by atoms with van der Waals surface area (Å²) in [7, 11) is 1.27. The molecule has 0 aliphatic carbocycles. The summed E-state index contributed by atoms with van der Waals surface area (Å²) in [6.07, 6.45) is -4.91. The van der Waals surface area contributed by atoms with Gasteiger partial charge in [0, 0.05) is 6.54 Å². The van der Waals surface area contributed by atoms with E-state index in [9.17, 15) is 18.0 Å². The van der Waals surface area contributed by atoms with Crippen molar-refractivity contribution in [2.75, 3.05) is 13.7 Å². The Morgan fingerprint density at radius 3 is 2.35 bits per heavy atom. The maximum atomic E-state index is 12.8. The molecular formula is C15H19ClF3NO3. The summed E-state index contributed by atoms with van der Waals surface area (Å²) in [5.41, 5.74) is -1.12. The SMILES string of the molecule is COc1cc(C(F)(F)F)c(Cl)cc1CCNC(=O)OC(C)(C)C. The molecule has 1 aromatic rings. The maximum absolute atomic E-state index is 12.8. The van der Waals surface area contributed by atoms with Crippen molar-refractivity contribution in [1.82, 2.24) is 5.32 Å². The predicted octanol–water partition coefficient (Wildman–Crippen LogP) is 4.43. The molecule has 1 amide bonds. The number of benzene rings is 1. The van der Waals surface area contributed by atoms with E-state index in [1.54, 1.807) is 20.8 Å². The van der Waals surface area contributed by atoms with Crippen molar-refractivity contribution in [3.8, 4) is 5.75 Å². The summed E-state index contributed by atoms with van der Waals surface area (Å²) in [6.45, 7) is 5.36. The second-order valence-corrected chi connectivity index (χ2v) is 6.23. The van der Waals surface area contributed by atoms with Crippen molar-refractivity contribution in [3.63, 3.8) is 0 Å². The van der Waals surface area contributed by atoms with E-state index in [1.807, 2.05) is 0 Å². The lowest BCUT2D eigenvalue weighted by atomic mass is 10.1. The Kier molecular flexibility index (Phi) is 6.16. The molecule has 0 saturated heterocycles. The second-order valence-electron chi connectivity index (χ2n) is 5.82. The van der Waals surface area contributed by atoms with E-state index >= 15 is 0 Å². The number of carbonyl (C=O) groups excluding carboxylic acids is 1. The third-order valence-corrected chi connectivity index (χ3v) is 3.05. The van der Waals surface area contributed by atoms with Crippen molar-refractivity contribution in [2.45, 2.75) is 39.0 Å². The van der Waals surface area contributed by atoms with Gasteiger partial charge < -0.3 is 14.8 Å². The molecule has 1 aromatic carbocycles. The highest BCUT2D eigenvalue weighted by Gasteiger charge is 2.34. The number of methoxy groups -OCH3 is 1. The second kappa shape index (κ2) is 7.29. The first-order chi connectivity index (χ1) is 10.4. The monoisotopic (exact) mass is 353 g/mol. The molecule has 8 heteroatoms. The van der Waals surface area contributed by atoms with Crippen molar-refractivity contribution in [3.05, 3.63) is 28.3 Å². The van der Waals surface area contributed by atoms with Crippen LogP contribution in [0.4, 0.5) is 18.0 Å². The van der Waals surface area contributed by atoms with Gasteiger partial charge in [-0.25, -0.2) is 4.79 Å². The van der Waals surface area contributed by atoms with Crippen LogP contribution in [0.1, 0.15) is 31.9 Å². The van der Waals surface area contributed by atoms with Gasteiger partial charge >= 0.3 is 12.3 Å². The van der Waals surface area contributed by atoms with Crippen LogP contribution in [0.5, 0.6) is 5.75 Å². The number of ether oxygens (including phenoxy) is 2. The lowest BCUT2D eigenvalue weighted by Gasteiger charge is -2.20. The number of hydrogen-bond donors (Lipinski definition) is 1. The van der Waals surface area contributed by atoms with E-state index in [4.69, 9.17) is 21.1 Å². The third-order valence-electron chi connectivity index (χ3n) is 2.74. The van der Waals surface area contributed by atoms with Crippen LogP contribution in [0.2, 0.25) is 5.02 Å². The zero-order chi connectivity index (χ0) is 17.8. The van der Waals surface area contributed by atoms with Crippen LogP contribution >= 0.6 is 11.6 Å². The van der Waals surface area contributed by atoms with E-state index in [-0.39, 0.29) is 18.7 Å². The quantitative estimate of drug-likeness (QED) is 0.870. The fourth-order valence-corrected chi connectivity index (χ4v) is 2.10. The first-order valence-electron chi connectivity index (χ1n) is 6.84. The minimum Gasteiger partial charge on any atom is -0.496 e. The van der Waals surface area contributed by atoms with Gasteiger partial charge in [0.1, 0.15) is 11.4 Å². The van der Waals surface area contributed by atoms with Crippen LogP contribution in [0.25, 0.3) is 0 Å². The van der Waals surface area contributed by atoms with Gasteiger partial charge in [0.15, 0.2) is 0 Å². The summed E-state index contributed by atoms with van der Waals surface area (Å²) in [6, 6.07) is 2.05. The summed E-state index contributed by atoms with van der Waals surface area (Å²) >= 11 is 5.68. The molecule has 0 fully saturated rings. The fourth-order valence-electron chi connectivity index (χ4n) is 1.81. The molecule has 0 aliphatic rings. The van der Waals surface area contributed by atoms with Gasteiger partial charge in [-0.1, -0.05) is 11.6 Å². The number of nitrogens with one attached hydrogen (secondary N) is 1. The first kappa shape index (κ1) is 19.4. The molecule has 0 bridgehead atoms. The molecule has 4 nitrogen and oxygen atoms in total. The maximum Gasteiger partial charge on any atom is 0.417 e. The zero-order valence-electron chi connectivity index (χ0n) is 13.3. The predicted molar refractivity (Wildman–Crippen MR) is 80.9 cm³/mol. The van der Waals surface area contributed by atoms with Gasteiger partial charge in [-0.3, -0.25) is 0 Å². The molecule has 0 aliphatic heterocycles. The van der Waals surface area contributed by atoms with Crippen molar-refractivity contribution in [2.24, 2.45) is 0 Å². The molecule has 0 spiro atoms. The Hall–Kier alpha value is -1.63. The van der Waals surface area contributed by atoms with Gasteiger partial charge in [0.2, 0.25) is 0 Å². The smallest absolute Gasteiger partial charge is 0.417 e. The number of alkyl carbamates (subject to hydrolysis) is 1. The van der Waals surface area contributed by atoms with Crippen LogP contribution in [0, 0.1) is 0 Å². The number of alkyl halides is 3. The van der Waals surface area contributed by atoms with Crippen molar-refractivity contribution < 1.29 is 27.4 Å². The van der Waals surface area contributed by atoms with Gasteiger partial charge in [0.25, 0.3) is 0 Å². The molecule has 0 atom stereocenters. The van der Waals surface area contributed by atoms with Crippen molar-refractivity contribution >= 4 is 17.7 Å². The van der Waals surface area contributed by atoms with Crippen LogP contribution in [0.15, 0.2) is 12.1 Å². The largest absolute Gasteiger partial charge is 0.496 e. The summed E-state index contributed by atoms with van der Waals surface area (Å²) in [4.78, 5) is 11.5. The highest BCUT2D eigenvalue weighted by Crippen LogP contribution is 2.38. The van der Waals surface area contributed by atoms with Crippen LogP contribution in [-0.2, 0) is 17.3 Å². The van der Waals surface area contributed by atoms with E-state index in [0.717, 1.165) is 6.07 Å². The lowest BCUT2D eigenvalue weighted by molar-refractivity contribution is -0.137. The fraction of sp³-hybridized carbons (Fsp3) is 0.533. The highest BCUT2D eigenvalue weighted by atomic mass is 35.5. The summed E-state index contributed by atoms with van der Waals surface area (Å²) in [5, 5.41) is 2.11. The lowest BCUT2D eigenvalue weighted by Crippen LogP contribution is -2.33. The first-order valence-corrected chi connectivity index (χ1v) is 7.22. The molecule has 0 unspecified atom stereocenters. The topological polar surface area (TPSA) is 47.6 Å². The summed E-state index contributed by atoms with van der Waals surface area (Å²) in [5.74, 6) is 0.0627. The number of halogens is 4. The van der Waals surface area contributed by atoms with E-state index in [1.165, 1.54) is 13.2 Å². The van der Waals surface area contributed by atoms with Gasteiger partial charge in [-0.2, -0.15) is 13.2 Å². The van der Waals surface area contributed by atoms with E-state index < -0.39 is 28.5 Å². The normalized spacial score (nSPS) is 12.0. The average molecular weight is 354 g/mol. The number of hydrogen-bond acceptors (Lipinski definition) is 3. The third kappa shape index (κ3) is 6.17. The van der Waals surface area contributed by atoms with E-state index in [2.05, 4.69) is 5.32 Å². The molecule has 0 saturated carbocycles. The zero-order valence-corrected chi connectivity index (χ0v) is 14.1.